The molecule has 12 heavy (non-hydrogen) atoms. The van der Waals surface area contributed by atoms with Crippen molar-refractivity contribution in [1.29, 1.82) is 0 Å². The highest BCUT2D eigenvalue weighted by Gasteiger charge is 2.01. The van der Waals surface area contributed by atoms with Crippen LogP contribution in [0, 0.1) is 0 Å². The van der Waals surface area contributed by atoms with Crippen molar-refractivity contribution in [3.63, 3.8) is 0 Å². The number of hydrogen-bond acceptors (Lipinski definition) is 1. The lowest BCUT2D eigenvalue weighted by Gasteiger charge is -1.98. The Bertz CT molecular complexity index is 276. The quantitative estimate of drug-likeness (QED) is 0.787. The Hall–Kier alpha value is -0.730. The number of hydrogen-bond donors (Lipinski definition) is 1. The van der Waals surface area contributed by atoms with E-state index < -0.39 is 0 Å². The van der Waals surface area contributed by atoms with Crippen molar-refractivity contribution in [2.75, 3.05) is 0 Å². The normalized spacial score (nSPS) is 8.75. The van der Waals surface area contributed by atoms with Crippen LogP contribution in [0.5, 0.6) is 0 Å². The van der Waals surface area contributed by atoms with Crippen LogP contribution in [0.4, 0.5) is 0 Å². The SMILES string of the molecule is Cl.NC(=O)Cc1ccccc1Cl. The van der Waals surface area contributed by atoms with E-state index in [2.05, 4.69) is 0 Å². The summed E-state index contributed by atoms with van der Waals surface area (Å²) in [4.78, 5) is 10.5. The molecule has 1 aromatic rings. The molecule has 66 valence electrons. The first-order valence-electron chi connectivity index (χ1n) is 3.22. The fourth-order valence-electron chi connectivity index (χ4n) is 0.829. The van der Waals surface area contributed by atoms with Crippen LogP contribution in [0.25, 0.3) is 0 Å². The molecule has 0 saturated carbocycles. The maximum Gasteiger partial charge on any atom is 0.221 e. The van der Waals surface area contributed by atoms with Gasteiger partial charge < -0.3 is 5.73 Å². The van der Waals surface area contributed by atoms with Crippen LogP contribution in [0.2, 0.25) is 5.02 Å². The first kappa shape index (κ1) is 11.3. The lowest BCUT2D eigenvalue weighted by Crippen LogP contribution is -2.13. The van der Waals surface area contributed by atoms with E-state index in [1.807, 2.05) is 12.1 Å². The molecular formula is C8H9Cl2NO. The second kappa shape index (κ2) is 5.01. The molecule has 0 radical (unpaired) electrons. The van der Waals surface area contributed by atoms with Crippen LogP contribution in [-0.4, -0.2) is 5.91 Å². The van der Waals surface area contributed by atoms with Gasteiger partial charge in [0.05, 0.1) is 6.42 Å². The van der Waals surface area contributed by atoms with Gasteiger partial charge in [0, 0.05) is 5.02 Å². The molecule has 2 N–H and O–H groups in total. The van der Waals surface area contributed by atoms with Gasteiger partial charge in [-0.1, -0.05) is 29.8 Å². The summed E-state index contributed by atoms with van der Waals surface area (Å²) in [7, 11) is 0. The van der Waals surface area contributed by atoms with E-state index in [0.29, 0.717) is 5.02 Å². The van der Waals surface area contributed by atoms with Gasteiger partial charge in [-0.3, -0.25) is 4.79 Å². The molecule has 0 aromatic heterocycles. The van der Waals surface area contributed by atoms with E-state index in [9.17, 15) is 4.79 Å². The summed E-state index contributed by atoms with van der Waals surface area (Å²) in [6, 6.07) is 7.16. The Morgan fingerprint density at radius 3 is 2.50 bits per heavy atom. The molecule has 0 fully saturated rings. The topological polar surface area (TPSA) is 43.1 Å². The summed E-state index contributed by atoms with van der Waals surface area (Å²) in [6.45, 7) is 0. The third-order valence-corrected chi connectivity index (χ3v) is 1.69. The average Bonchev–Trinajstić information content (AvgIpc) is 1.93. The number of carbonyl (C=O) groups is 1. The molecule has 4 heteroatoms. The summed E-state index contributed by atoms with van der Waals surface area (Å²) < 4.78 is 0. The van der Waals surface area contributed by atoms with Crippen molar-refractivity contribution in [3.8, 4) is 0 Å². The fourth-order valence-corrected chi connectivity index (χ4v) is 1.03. The minimum absolute atomic E-state index is 0. The van der Waals surface area contributed by atoms with Crippen molar-refractivity contribution in [3.05, 3.63) is 34.9 Å². The monoisotopic (exact) mass is 205 g/mol. The van der Waals surface area contributed by atoms with Crippen molar-refractivity contribution < 1.29 is 4.79 Å². The Kier molecular flexibility index (Phi) is 4.71. The zero-order valence-electron chi connectivity index (χ0n) is 6.29. The third kappa shape index (κ3) is 3.11. The largest absolute Gasteiger partial charge is 0.369 e. The Morgan fingerprint density at radius 2 is 2.00 bits per heavy atom. The number of halogens is 2. The first-order chi connectivity index (χ1) is 5.20. The second-order valence-electron chi connectivity index (χ2n) is 2.23. The molecule has 1 amide bonds. The molecule has 0 heterocycles. The van der Waals surface area contributed by atoms with Gasteiger partial charge in [-0.05, 0) is 11.6 Å². The minimum Gasteiger partial charge on any atom is -0.369 e. The van der Waals surface area contributed by atoms with Crippen LogP contribution < -0.4 is 5.73 Å². The molecule has 0 bridgehead atoms. The molecule has 0 aliphatic heterocycles. The molecule has 0 spiro atoms. The van der Waals surface area contributed by atoms with Gasteiger partial charge in [-0.2, -0.15) is 0 Å². The van der Waals surface area contributed by atoms with Crippen molar-refractivity contribution in [1.82, 2.24) is 0 Å². The Morgan fingerprint density at radius 1 is 1.42 bits per heavy atom. The summed E-state index contributed by atoms with van der Waals surface area (Å²) in [5.41, 5.74) is 5.78. The zero-order valence-corrected chi connectivity index (χ0v) is 7.86. The van der Waals surface area contributed by atoms with E-state index in [-0.39, 0.29) is 24.7 Å². The smallest absolute Gasteiger partial charge is 0.221 e. The van der Waals surface area contributed by atoms with Gasteiger partial charge in [0.25, 0.3) is 0 Å². The highest BCUT2D eigenvalue weighted by Crippen LogP contribution is 2.14. The summed E-state index contributed by atoms with van der Waals surface area (Å²) in [5, 5.41) is 0.589. The number of carbonyl (C=O) groups excluding carboxylic acids is 1. The molecule has 0 unspecified atom stereocenters. The molecule has 1 rings (SSSR count). The molecule has 0 aliphatic carbocycles. The van der Waals surface area contributed by atoms with E-state index in [0.717, 1.165) is 5.56 Å². The lowest BCUT2D eigenvalue weighted by molar-refractivity contribution is -0.117. The predicted octanol–water partition coefficient (Wildman–Crippen LogP) is 1.79. The van der Waals surface area contributed by atoms with Crippen LogP contribution in [0.1, 0.15) is 5.56 Å². The highest BCUT2D eigenvalue weighted by molar-refractivity contribution is 6.31. The van der Waals surface area contributed by atoms with E-state index in [4.69, 9.17) is 17.3 Å². The molecule has 0 aliphatic rings. The van der Waals surface area contributed by atoms with E-state index in [1.54, 1.807) is 12.1 Å². The molecule has 0 saturated heterocycles. The minimum atomic E-state index is -0.363. The summed E-state index contributed by atoms with van der Waals surface area (Å²) >= 11 is 5.76. The van der Waals surface area contributed by atoms with Crippen LogP contribution in [0.3, 0.4) is 0 Å². The van der Waals surface area contributed by atoms with E-state index >= 15 is 0 Å². The molecule has 2 nitrogen and oxygen atoms in total. The van der Waals surface area contributed by atoms with Crippen LogP contribution in [0.15, 0.2) is 24.3 Å². The van der Waals surface area contributed by atoms with Gasteiger partial charge >= 0.3 is 0 Å². The number of primary amides is 1. The molecular weight excluding hydrogens is 197 g/mol. The predicted molar refractivity (Wildman–Crippen MR) is 51.6 cm³/mol. The maximum absolute atomic E-state index is 10.5. The van der Waals surface area contributed by atoms with Gasteiger partial charge in [0.15, 0.2) is 0 Å². The number of amides is 1. The van der Waals surface area contributed by atoms with Crippen LogP contribution in [-0.2, 0) is 11.2 Å². The summed E-state index contributed by atoms with van der Waals surface area (Å²) in [6.07, 6.45) is 0.208. The van der Waals surface area contributed by atoms with Crippen molar-refractivity contribution in [2.24, 2.45) is 5.73 Å². The zero-order chi connectivity index (χ0) is 8.27. The molecule has 1 aromatic carbocycles. The standard InChI is InChI=1S/C8H8ClNO.ClH/c9-7-4-2-1-3-6(7)5-8(10)11;/h1-4H,5H2,(H2,10,11);1H. The fraction of sp³-hybridized carbons (Fsp3) is 0.125. The molecule has 0 atom stereocenters. The van der Waals surface area contributed by atoms with Crippen LogP contribution >= 0.6 is 24.0 Å². The second-order valence-corrected chi connectivity index (χ2v) is 2.64. The van der Waals surface area contributed by atoms with E-state index in [1.165, 1.54) is 0 Å². The third-order valence-electron chi connectivity index (χ3n) is 1.32. The maximum atomic E-state index is 10.5. The Labute approximate surface area is 82.1 Å². The van der Waals surface area contributed by atoms with Crippen molar-refractivity contribution >= 4 is 29.9 Å². The summed E-state index contributed by atoms with van der Waals surface area (Å²) in [5.74, 6) is -0.363. The first-order valence-corrected chi connectivity index (χ1v) is 3.59. The Balaban J connectivity index is 0.00000121. The highest BCUT2D eigenvalue weighted by atomic mass is 35.5. The van der Waals surface area contributed by atoms with Crippen molar-refractivity contribution in [2.45, 2.75) is 6.42 Å². The van der Waals surface area contributed by atoms with Gasteiger partial charge in [0.2, 0.25) is 5.91 Å². The number of benzene rings is 1. The van der Waals surface area contributed by atoms with Gasteiger partial charge in [-0.15, -0.1) is 12.4 Å². The number of nitrogens with two attached hydrogens (primary N) is 1. The van der Waals surface area contributed by atoms with Gasteiger partial charge in [-0.25, -0.2) is 0 Å². The number of rotatable bonds is 2. The van der Waals surface area contributed by atoms with Gasteiger partial charge in [0.1, 0.15) is 0 Å². The average molecular weight is 206 g/mol. The lowest BCUT2D eigenvalue weighted by atomic mass is 10.1.